The number of rotatable bonds is 4. The largest absolute Gasteiger partial charge is 0.508 e. The van der Waals surface area contributed by atoms with Crippen LogP contribution >= 0.6 is 0 Å². The molecule has 0 heterocycles. The molecule has 0 aliphatic heterocycles. The Morgan fingerprint density at radius 2 is 1.87 bits per heavy atom. The Labute approximate surface area is 91.0 Å². The zero-order valence-corrected chi connectivity index (χ0v) is 9.25. The van der Waals surface area contributed by atoms with E-state index >= 15 is 0 Å². The van der Waals surface area contributed by atoms with Gasteiger partial charge < -0.3 is 10.4 Å². The van der Waals surface area contributed by atoms with Gasteiger partial charge in [0.15, 0.2) is 0 Å². The molecule has 1 aromatic carbocycles. The molecule has 0 amide bonds. The number of nitrogens with one attached hydrogen (secondary N) is 1. The van der Waals surface area contributed by atoms with E-state index in [1.165, 1.54) is 0 Å². The highest BCUT2D eigenvalue weighted by Gasteiger charge is 2.02. The van der Waals surface area contributed by atoms with Crippen molar-refractivity contribution in [3.05, 3.63) is 48.6 Å². The van der Waals surface area contributed by atoms with Crippen LogP contribution in [0.15, 0.2) is 37.4 Å². The molecule has 0 aliphatic rings. The summed E-state index contributed by atoms with van der Waals surface area (Å²) in [7, 11) is 0. The summed E-state index contributed by atoms with van der Waals surface area (Å²) >= 11 is 0. The van der Waals surface area contributed by atoms with Gasteiger partial charge in [-0.15, -0.1) is 0 Å². The van der Waals surface area contributed by atoms with Gasteiger partial charge in [0, 0.05) is 17.3 Å². The summed E-state index contributed by atoms with van der Waals surface area (Å²) in [6.45, 7) is 11.5. The van der Waals surface area contributed by atoms with Gasteiger partial charge in [0.25, 0.3) is 0 Å². The van der Waals surface area contributed by atoms with Crippen molar-refractivity contribution in [2.75, 3.05) is 0 Å². The standard InChI is InChI=1S/C13H17NO/c1-9(2)14-10(3)12-6-5-7-13(8-12)11(4)15/h5-9,14-15H,3-4H2,1-2H3. The summed E-state index contributed by atoms with van der Waals surface area (Å²) in [5.41, 5.74) is 2.55. The van der Waals surface area contributed by atoms with E-state index in [-0.39, 0.29) is 5.76 Å². The summed E-state index contributed by atoms with van der Waals surface area (Å²) in [4.78, 5) is 0. The average Bonchev–Trinajstić information content (AvgIpc) is 2.17. The van der Waals surface area contributed by atoms with Crippen molar-refractivity contribution in [1.82, 2.24) is 5.32 Å². The maximum atomic E-state index is 9.27. The van der Waals surface area contributed by atoms with Crippen LogP contribution in [0.3, 0.4) is 0 Å². The first-order valence-electron chi connectivity index (χ1n) is 4.95. The third-order valence-corrected chi connectivity index (χ3v) is 2.01. The highest BCUT2D eigenvalue weighted by atomic mass is 16.3. The topological polar surface area (TPSA) is 32.3 Å². The lowest BCUT2D eigenvalue weighted by molar-refractivity contribution is 0.514. The van der Waals surface area contributed by atoms with Crippen LogP contribution in [0.4, 0.5) is 0 Å². The second kappa shape index (κ2) is 4.69. The quantitative estimate of drug-likeness (QED) is 0.736. The first-order chi connectivity index (χ1) is 7.00. The minimum Gasteiger partial charge on any atom is -0.508 e. The third-order valence-electron chi connectivity index (χ3n) is 2.01. The van der Waals surface area contributed by atoms with Gasteiger partial charge in [-0.05, 0) is 25.5 Å². The van der Waals surface area contributed by atoms with Crippen molar-refractivity contribution in [3.63, 3.8) is 0 Å². The van der Waals surface area contributed by atoms with Crippen LogP contribution < -0.4 is 5.32 Å². The Morgan fingerprint density at radius 3 is 2.40 bits per heavy atom. The molecule has 2 heteroatoms. The normalized spacial score (nSPS) is 10.1. The number of hydrogen-bond donors (Lipinski definition) is 2. The van der Waals surface area contributed by atoms with Crippen LogP contribution in [0, 0.1) is 0 Å². The van der Waals surface area contributed by atoms with E-state index in [1.54, 1.807) is 0 Å². The van der Waals surface area contributed by atoms with Crippen LogP contribution in [0.2, 0.25) is 0 Å². The monoisotopic (exact) mass is 203 g/mol. The molecule has 0 aromatic heterocycles. The van der Waals surface area contributed by atoms with Gasteiger partial charge in [-0.1, -0.05) is 31.4 Å². The number of aliphatic hydroxyl groups is 1. The SMILES string of the molecule is C=C(O)c1cccc(C(=C)NC(C)C)c1. The maximum Gasteiger partial charge on any atom is 0.115 e. The number of benzene rings is 1. The summed E-state index contributed by atoms with van der Waals surface area (Å²) < 4.78 is 0. The zero-order chi connectivity index (χ0) is 11.4. The molecule has 1 rings (SSSR count). The summed E-state index contributed by atoms with van der Waals surface area (Å²) in [6.07, 6.45) is 0. The summed E-state index contributed by atoms with van der Waals surface area (Å²) in [6, 6.07) is 7.84. The number of aliphatic hydroxyl groups excluding tert-OH is 1. The Kier molecular flexibility index (Phi) is 3.56. The molecule has 0 radical (unpaired) electrons. The molecule has 0 fully saturated rings. The van der Waals surface area contributed by atoms with E-state index < -0.39 is 0 Å². The Morgan fingerprint density at radius 1 is 1.27 bits per heavy atom. The third kappa shape index (κ3) is 3.17. The molecule has 0 saturated carbocycles. The van der Waals surface area contributed by atoms with E-state index in [1.807, 2.05) is 24.3 Å². The fourth-order valence-electron chi connectivity index (χ4n) is 1.32. The Hall–Kier alpha value is -1.70. The second-order valence-electron chi connectivity index (χ2n) is 3.81. The van der Waals surface area contributed by atoms with Gasteiger partial charge in [-0.2, -0.15) is 0 Å². The van der Waals surface area contributed by atoms with Gasteiger partial charge >= 0.3 is 0 Å². The highest BCUT2D eigenvalue weighted by Crippen LogP contribution is 2.16. The molecule has 2 nitrogen and oxygen atoms in total. The van der Waals surface area contributed by atoms with Crippen LogP contribution in [0.1, 0.15) is 25.0 Å². The van der Waals surface area contributed by atoms with E-state index in [4.69, 9.17) is 0 Å². The van der Waals surface area contributed by atoms with Crippen LogP contribution in [0.5, 0.6) is 0 Å². The Balaban J connectivity index is 2.90. The second-order valence-corrected chi connectivity index (χ2v) is 3.81. The molecule has 0 aliphatic carbocycles. The molecule has 1 aromatic rings. The van der Waals surface area contributed by atoms with Crippen molar-refractivity contribution >= 4 is 11.5 Å². The summed E-state index contributed by atoms with van der Waals surface area (Å²) in [5, 5.41) is 12.5. The molecule has 15 heavy (non-hydrogen) atoms. The van der Waals surface area contributed by atoms with Crippen molar-refractivity contribution in [2.24, 2.45) is 0 Å². The van der Waals surface area contributed by atoms with E-state index in [2.05, 4.69) is 32.3 Å². The van der Waals surface area contributed by atoms with E-state index in [0.717, 1.165) is 16.8 Å². The molecule has 0 saturated heterocycles. The fourth-order valence-corrected chi connectivity index (χ4v) is 1.32. The zero-order valence-electron chi connectivity index (χ0n) is 9.25. The maximum absolute atomic E-state index is 9.27. The number of hydrogen-bond acceptors (Lipinski definition) is 2. The lowest BCUT2D eigenvalue weighted by atomic mass is 10.1. The highest BCUT2D eigenvalue weighted by molar-refractivity contribution is 5.67. The average molecular weight is 203 g/mol. The fraction of sp³-hybridized carbons (Fsp3) is 0.231. The van der Waals surface area contributed by atoms with Crippen molar-refractivity contribution in [2.45, 2.75) is 19.9 Å². The van der Waals surface area contributed by atoms with Crippen LogP contribution in [0.25, 0.3) is 11.5 Å². The first kappa shape index (κ1) is 11.4. The van der Waals surface area contributed by atoms with Crippen LogP contribution in [-0.4, -0.2) is 11.1 Å². The lowest BCUT2D eigenvalue weighted by Crippen LogP contribution is -2.20. The molecule has 0 bridgehead atoms. The minimum atomic E-state index is 0.0780. The summed E-state index contributed by atoms with van der Waals surface area (Å²) in [5.74, 6) is 0.0780. The minimum absolute atomic E-state index is 0.0780. The van der Waals surface area contributed by atoms with Gasteiger partial charge in [0.2, 0.25) is 0 Å². The predicted octanol–water partition coefficient (Wildman–Crippen LogP) is 3.18. The smallest absolute Gasteiger partial charge is 0.115 e. The van der Waals surface area contributed by atoms with Crippen molar-refractivity contribution in [3.8, 4) is 0 Å². The molecule has 80 valence electrons. The predicted molar refractivity (Wildman–Crippen MR) is 65.4 cm³/mol. The Bertz CT molecular complexity index is 380. The van der Waals surface area contributed by atoms with E-state index in [9.17, 15) is 5.11 Å². The molecule has 0 spiro atoms. The van der Waals surface area contributed by atoms with Gasteiger partial charge in [0.1, 0.15) is 5.76 Å². The van der Waals surface area contributed by atoms with Gasteiger partial charge in [-0.25, -0.2) is 0 Å². The van der Waals surface area contributed by atoms with E-state index in [0.29, 0.717) is 6.04 Å². The lowest BCUT2D eigenvalue weighted by Gasteiger charge is -2.13. The van der Waals surface area contributed by atoms with Crippen LogP contribution in [-0.2, 0) is 0 Å². The first-order valence-corrected chi connectivity index (χ1v) is 4.95. The van der Waals surface area contributed by atoms with Gasteiger partial charge in [-0.3, -0.25) is 0 Å². The molecule has 2 N–H and O–H groups in total. The van der Waals surface area contributed by atoms with Crippen molar-refractivity contribution in [1.29, 1.82) is 0 Å². The molecular weight excluding hydrogens is 186 g/mol. The molecule has 0 unspecified atom stereocenters. The van der Waals surface area contributed by atoms with Gasteiger partial charge in [0.05, 0.1) is 0 Å². The van der Waals surface area contributed by atoms with Crippen molar-refractivity contribution < 1.29 is 5.11 Å². The molecule has 0 atom stereocenters. The molecular formula is C13H17NO.